The van der Waals surface area contributed by atoms with Gasteiger partial charge in [0.25, 0.3) is 0 Å². The standard InChI is InChI=1S/C39H49N7O8S/c1-23(2)34(40)38(53)46-30(20-27-15-17-28(47)18-16-27)36(51)42-21-32(48)41-22-33(49)45-31(19-26-11-7-5-8-12-26)37(52)43-24(3)35(50)44-25(4)39(54)55-29-13-9-6-10-14-29/h5-18,23-25,30-31,34,47H,19-22,40H2,1-4H3,(H,41,48)(H,42,51)(H,43,52)(H,44,50)(H,45,49)(H,46,53)/t24-,25-,30-,31-,34-/m0/s1. The fourth-order valence-electron chi connectivity index (χ4n) is 4.95. The Morgan fingerprint density at radius 3 is 1.71 bits per heavy atom. The summed E-state index contributed by atoms with van der Waals surface area (Å²) in [4.78, 5) is 91.1. The maximum atomic E-state index is 13.4. The van der Waals surface area contributed by atoms with Gasteiger partial charge in [0.05, 0.1) is 25.2 Å². The average Bonchev–Trinajstić information content (AvgIpc) is 3.16. The maximum absolute atomic E-state index is 13.4. The minimum Gasteiger partial charge on any atom is -0.508 e. The number of phenols is 1. The molecule has 0 heterocycles. The van der Waals surface area contributed by atoms with Crippen LogP contribution in [-0.4, -0.2) is 89.0 Å². The Morgan fingerprint density at radius 2 is 1.11 bits per heavy atom. The van der Waals surface area contributed by atoms with E-state index in [9.17, 15) is 38.7 Å². The Hall–Kier alpha value is -5.74. The van der Waals surface area contributed by atoms with Gasteiger partial charge in [0.1, 0.15) is 23.9 Å². The fourth-order valence-corrected chi connectivity index (χ4v) is 5.72. The van der Waals surface area contributed by atoms with Crippen LogP contribution in [0.5, 0.6) is 5.75 Å². The summed E-state index contributed by atoms with van der Waals surface area (Å²) in [6, 6.07) is 18.8. The zero-order chi connectivity index (χ0) is 40.5. The third-order valence-corrected chi connectivity index (χ3v) is 9.32. The first-order chi connectivity index (χ1) is 26.1. The molecular weight excluding hydrogens is 727 g/mol. The van der Waals surface area contributed by atoms with Crippen LogP contribution in [0, 0.1) is 5.92 Å². The molecule has 15 nitrogen and oxygen atoms in total. The lowest BCUT2D eigenvalue weighted by atomic mass is 10.0. The van der Waals surface area contributed by atoms with Crippen LogP contribution in [0.25, 0.3) is 0 Å². The predicted octanol–water partition coefficient (Wildman–Crippen LogP) is 0.691. The molecule has 0 saturated carbocycles. The minimum atomic E-state index is -1.14. The number of amides is 6. The molecule has 0 aromatic heterocycles. The molecule has 5 atom stereocenters. The molecular formula is C39H49N7O8S. The number of hydrogen-bond donors (Lipinski definition) is 8. The van der Waals surface area contributed by atoms with Crippen LogP contribution in [-0.2, 0) is 46.4 Å². The normalized spacial score (nSPS) is 13.6. The van der Waals surface area contributed by atoms with Crippen LogP contribution in [0.4, 0.5) is 0 Å². The Bertz CT molecular complexity index is 1780. The lowest BCUT2D eigenvalue weighted by Crippen LogP contribution is -2.56. The monoisotopic (exact) mass is 775 g/mol. The number of nitrogens with one attached hydrogen (secondary N) is 6. The lowest BCUT2D eigenvalue weighted by molar-refractivity contribution is -0.133. The third kappa shape index (κ3) is 15.3. The van der Waals surface area contributed by atoms with E-state index in [-0.39, 0.29) is 29.6 Å². The van der Waals surface area contributed by atoms with E-state index >= 15 is 0 Å². The molecule has 55 heavy (non-hydrogen) atoms. The lowest BCUT2D eigenvalue weighted by Gasteiger charge is -2.23. The highest BCUT2D eigenvalue weighted by Gasteiger charge is 2.28. The first-order valence-corrected chi connectivity index (χ1v) is 18.5. The van der Waals surface area contributed by atoms with Crippen molar-refractivity contribution in [2.45, 2.75) is 75.6 Å². The van der Waals surface area contributed by atoms with Crippen LogP contribution in [0.1, 0.15) is 38.8 Å². The number of benzene rings is 3. The van der Waals surface area contributed by atoms with Gasteiger partial charge in [-0.3, -0.25) is 33.6 Å². The molecule has 3 aromatic carbocycles. The summed E-state index contributed by atoms with van der Waals surface area (Å²) < 4.78 is 0. The van der Waals surface area contributed by atoms with Crippen molar-refractivity contribution in [1.29, 1.82) is 0 Å². The predicted molar refractivity (Wildman–Crippen MR) is 207 cm³/mol. The van der Waals surface area contributed by atoms with Gasteiger partial charge < -0.3 is 42.7 Å². The average molecular weight is 776 g/mol. The second kappa shape index (κ2) is 21.8. The zero-order valence-electron chi connectivity index (χ0n) is 31.2. The van der Waals surface area contributed by atoms with Gasteiger partial charge in [-0.05, 0) is 66.9 Å². The first-order valence-electron chi connectivity index (χ1n) is 17.7. The molecule has 294 valence electrons. The van der Waals surface area contributed by atoms with Gasteiger partial charge in [-0.15, -0.1) is 0 Å². The summed E-state index contributed by atoms with van der Waals surface area (Å²) in [6.45, 7) is 5.43. The number of rotatable bonds is 19. The van der Waals surface area contributed by atoms with E-state index in [1.54, 1.807) is 87.5 Å². The van der Waals surface area contributed by atoms with E-state index in [4.69, 9.17) is 5.73 Å². The van der Waals surface area contributed by atoms with Crippen molar-refractivity contribution in [3.05, 3.63) is 96.1 Å². The molecule has 16 heteroatoms. The first kappa shape index (κ1) is 43.7. The summed E-state index contributed by atoms with van der Waals surface area (Å²) in [6.07, 6.45) is 0.107. The Morgan fingerprint density at radius 1 is 0.582 bits per heavy atom. The van der Waals surface area contributed by atoms with Crippen molar-refractivity contribution in [1.82, 2.24) is 31.9 Å². The fraction of sp³-hybridized carbons (Fsp3) is 0.359. The highest BCUT2D eigenvalue weighted by Crippen LogP contribution is 2.19. The third-order valence-electron chi connectivity index (χ3n) is 8.26. The van der Waals surface area contributed by atoms with Gasteiger partial charge in [0.15, 0.2) is 0 Å². The number of phenolic OH excluding ortho intramolecular Hbond substituents is 1. The van der Waals surface area contributed by atoms with Gasteiger partial charge in [-0.2, -0.15) is 0 Å². The molecule has 0 saturated heterocycles. The van der Waals surface area contributed by atoms with Crippen LogP contribution >= 0.6 is 11.8 Å². The molecule has 0 aliphatic heterocycles. The van der Waals surface area contributed by atoms with Gasteiger partial charge in [-0.25, -0.2) is 0 Å². The van der Waals surface area contributed by atoms with E-state index in [2.05, 4.69) is 31.9 Å². The smallest absolute Gasteiger partial charge is 0.243 e. The number of nitrogens with two attached hydrogens (primary N) is 1. The van der Waals surface area contributed by atoms with E-state index in [0.717, 1.165) is 16.7 Å². The van der Waals surface area contributed by atoms with E-state index in [1.165, 1.54) is 19.1 Å². The van der Waals surface area contributed by atoms with Crippen molar-refractivity contribution in [3.63, 3.8) is 0 Å². The Labute approximate surface area is 324 Å². The molecule has 9 N–H and O–H groups in total. The summed E-state index contributed by atoms with van der Waals surface area (Å²) >= 11 is 0.983. The van der Waals surface area contributed by atoms with Crippen LogP contribution in [0.3, 0.4) is 0 Å². The molecule has 0 radical (unpaired) electrons. The minimum absolute atomic E-state index is 0.0266. The van der Waals surface area contributed by atoms with Crippen LogP contribution in [0.15, 0.2) is 89.8 Å². The Kier molecular flexibility index (Phi) is 17.3. The van der Waals surface area contributed by atoms with Gasteiger partial charge in [-0.1, -0.05) is 74.5 Å². The molecule has 0 unspecified atom stereocenters. The Balaban J connectivity index is 1.56. The summed E-state index contributed by atoms with van der Waals surface area (Å²) in [5.41, 5.74) is 7.30. The molecule has 0 aliphatic rings. The quantitative estimate of drug-likeness (QED) is 0.0794. The summed E-state index contributed by atoms with van der Waals surface area (Å²) in [5, 5.41) is 24.6. The molecule has 0 spiro atoms. The van der Waals surface area contributed by atoms with Gasteiger partial charge in [0, 0.05) is 17.7 Å². The van der Waals surface area contributed by atoms with Crippen LogP contribution in [0.2, 0.25) is 0 Å². The number of carbonyl (C=O) groups excluding carboxylic acids is 7. The number of thioether (sulfide) groups is 1. The highest BCUT2D eigenvalue weighted by molar-refractivity contribution is 8.13. The van der Waals surface area contributed by atoms with Gasteiger partial charge in [0.2, 0.25) is 40.6 Å². The summed E-state index contributed by atoms with van der Waals surface area (Å²) in [5.74, 6) is -4.12. The molecule has 3 rings (SSSR count). The number of carbonyl (C=O) groups is 7. The van der Waals surface area contributed by atoms with Crippen molar-refractivity contribution < 1.29 is 38.7 Å². The second-order valence-electron chi connectivity index (χ2n) is 13.2. The largest absolute Gasteiger partial charge is 0.508 e. The zero-order valence-corrected chi connectivity index (χ0v) is 32.0. The SMILES string of the molecule is CC(C)[C@H](N)C(=O)N[C@@H](Cc1ccc(O)cc1)C(=O)NCC(=O)NCC(=O)N[C@@H](Cc1ccccc1)C(=O)N[C@@H](C)C(=O)N[C@@H](C)C(=O)Sc1ccccc1. The van der Waals surface area contributed by atoms with E-state index < -0.39 is 78.7 Å². The van der Waals surface area contributed by atoms with Gasteiger partial charge >= 0.3 is 0 Å². The number of hydrogen-bond acceptors (Lipinski definition) is 10. The van der Waals surface area contributed by atoms with E-state index in [0.29, 0.717) is 11.1 Å². The molecule has 3 aromatic rings. The molecule has 6 amide bonds. The summed E-state index contributed by atoms with van der Waals surface area (Å²) in [7, 11) is 0. The highest BCUT2D eigenvalue weighted by atomic mass is 32.2. The second-order valence-corrected chi connectivity index (χ2v) is 14.3. The molecule has 0 aliphatic carbocycles. The number of aromatic hydroxyl groups is 1. The van der Waals surface area contributed by atoms with Crippen molar-refractivity contribution in [3.8, 4) is 5.75 Å². The molecule has 0 fully saturated rings. The van der Waals surface area contributed by atoms with Crippen molar-refractivity contribution >= 4 is 52.3 Å². The maximum Gasteiger partial charge on any atom is 0.243 e. The van der Waals surface area contributed by atoms with Crippen LogP contribution < -0.4 is 37.6 Å². The topological polar surface area (TPSA) is 238 Å². The molecule has 0 bridgehead atoms. The van der Waals surface area contributed by atoms with E-state index in [1.807, 2.05) is 6.07 Å². The van der Waals surface area contributed by atoms with Crippen molar-refractivity contribution in [2.24, 2.45) is 11.7 Å². The van der Waals surface area contributed by atoms with Crippen molar-refractivity contribution in [2.75, 3.05) is 13.1 Å².